The van der Waals surface area contributed by atoms with Gasteiger partial charge in [0.05, 0.1) is 12.7 Å². The normalized spacial score (nSPS) is 12.3. The molecule has 0 fully saturated rings. The quantitative estimate of drug-likeness (QED) is 0.231. The maximum Gasteiger partial charge on any atom is 0.326 e. The lowest BCUT2D eigenvalue weighted by molar-refractivity contribution is -0.139. The third kappa shape index (κ3) is 9.83. The van der Waals surface area contributed by atoms with Crippen LogP contribution in [0.1, 0.15) is 92.1 Å². The summed E-state index contributed by atoms with van der Waals surface area (Å²) in [6, 6.07) is 21.1. The molecular formula is C34H45NO4S. The predicted molar refractivity (Wildman–Crippen MR) is 168 cm³/mol. The number of carbonyl (C=O) groups excluding carboxylic acids is 1. The van der Waals surface area contributed by atoms with Gasteiger partial charge in [0.15, 0.2) is 0 Å². The molecule has 0 radical (unpaired) electrons. The minimum atomic E-state index is -1.02. The number of carboxylic acid groups (broad SMARTS) is 1. The highest BCUT2D eigenvalue weighted by Gasteiger charge is 2.22. The molecule has 2 atom stereocenters. The average molecular weight is 564 g/mol. The van der Waals surface area contributed by atoms with E-state index in [0.29, 0.717) is 30.9 Å². The van der Waals surface area contributed by atoms with E-state index in [1.54, 1.807) is 6.07 Å². The number of nitrogens with one attached hydrogen (secondary N) is 1. The molecule has 6 heteroatoms. The average Bonchev–Trinajstić information content (AvgIpc) is 2.95. The molecule has 216 valence electrons. The maximum atomic E-state index is 13.2. The highest BCUT2D eigenvalue weighted by atomic mass is 32.2. The summed E-state index contributed by atoms with van der Waals surface area (Å²) in [4.78, 5) is 24.8. The summed E-state index contributed by atoms with van der Waals surface area (Å²) in [5.41, 5.74) is 6.54. The van der Waals surface area contributed by atoms with E-state index >= 15 is 0 Å². The monoisotopic (exact) mass is 563 g/mol. The van der Waals surface area contributed by atoms with Crippen LogP contribution < -0.4 is 5.32 Å². The number of thioether (sulfide) groups is 1. The van der Waals surface area contributed by atoms with Crippen molar-refractivity contribution in [3.8, 4) is 11.1 Å². The number of aliphatic carboxylic acids is 1. The van der Waals surface area contributed by atoms with Gasteiger partial charge < -0.3 is 15.2 Å². The number of carboxylic acids is 1. The fourth-order valence-corrected chi connectivity index (χ4v) is 4.25. The summed E-state index contributed by atoms with van der Waals surface area (Å²) in [5, 5.41) is 12.2. The van der Waals surface area contributed by atoms with Crippen molar-refractivity contribution in [3.05, 3.63) is 94.5 Å². The summed E-state index contributed by atoms with van der Waals surface area (Å²) >= 11 is 1.86. The highest BCUT2D eigenvalue weighted by molar-refractivity contribution is 7.98. The molecule has 1 amide bonds. The molecule has 40 heavy (non-hydrogen) atoms. The molecule has 0 heterocycles. The Morgan fingerprint density at radius 2 is 1.60 bits per heavy atom. The molecule has 3 rings (SSSR count). The van der Waals surface area contributed by atoms with Gasteiger partial charge >= 0.3 is 5.97 Å². The van der Waals surface area contributed by atoms with E-state index in [0.717, 1.165) is 27.8 Å². The predicted octanol–water partition coefficient (Wildman–Crippen LogP) is 8.42. The molecule has 0 spiro atoms. The number of benzene rings is 3. The van der Waals surface area contributed by atoms with Crippen LogP contribution >= 0.6 is 11.8 Å². The van der Waals surface area contributed by atoms with Crippen molar-refractivity contribution in [2.24, 2.45) is 0 Å². The molecule has 0 aliphatic heterocycles. The van der Waals surface area contributed by atoms with Crippen LogP contribution in [0.15, 0.2) is 66.7 Å². The van der Waals surface area contributed by atoms with Gasteiger partial charge in [-0.1, -0.05) is 88.7 Å². The van der Waals surface area contributed by atoms with Gasteiger partial charge in [-0.05, 0) is 83.7 Å². The van der Waals surface area contributed by atoms with Gasteiger partial charge in [0.2, 0.25) is 0 Å². The van der Waals surface area contributed by atoms with Crippen molar-refractivity contribution >= 4 is 23.6 Å². The van der Waals surface area contributed by atoms with Crippen LogP contribution in [0.3, 0.4) is 0 Å². The molecule has 0 aliphatic carbocycles. The lowest BCUT2D eigenvalue weighted by atomic mass is 9.93. The van der Waals surface area contributed by atoms with Gasteiger partial charge in [-0.25, -0.2) is 4.79 Å². The van der Waals surface area contributed by atoms with E-state index in [4.69, 9.17) is 4.74 Å². The fourth-order valence-electron chi connectivity index (χ4n) is 4.25. The molecular weight excluding hydrogens is 518 g/mol. The van der Waals surface area contributed by atoms with E-state index < -0.39 is 12.0 Å². The number of carbonyl (C=O) groups is 2. The number of amides is 1. The zero-order valence-electron chi connectivity index (χ0n) is 25.0. The number of hydrogen-bond acceptors (Lipinski definition) is 4. The molecule has 0 bridgehead atoms. The Kier molecular flexibility index (Phi) is 14.0. The van der Waals surface area contributed by atoms with Crippen LogP contribution in [0.25, 0.3) is 11.1 Å². The van der Waals surface area contributed by atoms with Crippen LogP contribution in [-0.2, 0) is 16.1 Å². The molecule has 0 saturated heterocycles. The molecule has 2 unspecified atom stereocenters. The minimum Gasteiger partial charge on any atom is -0.480 e. The Hall–Kier alpha value is -3.09. The first-order chi connectivity index (χ1) is 19.1. The number of rotatable bonds is 12. The molecule has 3 aromatic carbocycles. The van der Waals surface area contributed by atoms with Crippen molar-refractivity contribution in [1.29, 1.82) is 0 Å². The zero-order chi connectivity index (χ0) is 29.7. The topological polar surface area (TPSA) is 75.6 Å². The summed E-state index contributed by atoms with van der Waals surface area (Å²) in [5.74, 6) is 0.272. The Bertz CT molecular complexity index is 1240. The van der Waals surface area contributed by atoms with Crippen molar-refractivity contribution in [1.82, 2.24) is 5.32 Å². The van der Waals surface area contributed by atoms with Crippen LogP contribution in [0.2, 0.25) is 0 Å². The lowest BCUT2D eigenvalue weighted by Gasteiger charge is -2.19. The van der Waals surface area contributed by atoms with E-state index in [1.165, 1.54) is 11.3 Å². The molecule has 0 saturated carbocycles. The van der Waals surface area contributed by atoms with E-state index in [9.17, 15) is 14.7 Å². The molecule has 0 aliphatic rings. The van der Waals surface area contributed by atoms with E-state index in [-0.39, 0.29) is 12.0 Å². The molecule has 5 nitrogen and oxygen atoms in total. The van der Waals surface area contributed by atoms with Crippen LogP contribution in [0.5, 0.6) is 0 Å². The second kappa shape index (κ2) is 16.9. The summed E-state index contributed by atoms with van der Waals surface area (Å²) in [6.45, 7) is 12.8. The smallest absolute Gasteiger partial charge is 0.326 e. The van der Waals surface area contributed by atoms with Crippen molar-refractivity contribution in [2.75, 3.05) is 12.0 Å². The summed E-state index contributed by atoms with van der Waals surface area (Å²) in [6.07, 6.45) is 3.05. The molecule has 2 N–H and O–H groups in total. The summed E-state index contributed by atoms with van der Waals surface area (Å²) < 4.78 is 6.22. The number of ether oxygens (including phenoxy) is 1. The first-order valence-corrected chi connectivity index (χ1v) is 15.4. The third-order valence-corrected chi connectivity index (χ3v) is 7.36. The van der Waals surface area contributed by atoms with Gasteiger partial charge in [-0.15, -0.1) is 0 Å². The standard InChI is InChI=1S/C31H37NO4.C3H8S/c1-6-10-29(31(34)35)32-30(33)27-16-15-23(17-28(27)26-14-8-7-11-21(26)4)19-36-22(5)25-13-9-12-24(18-25)20(2)3;1-3-4-2/h7-9,11-18,20,22,29H,6,10,19H2,1-5H3,(H,32,33)(H,34,35);3H2,1-2H3. The zero-order valence-corrected chi connectivity index (χ0v) is 25.8. The van der Waals surface area contributed by atoms with E-state index in [2.05, 4.69) is 56.6 Å². The number of aryl methyl sites for hydroxylation is 1. The Morgan fingerprint density at radius 3 is 2.20 bits per heavy atom. The van der Waals surface area contributed by atoms with Gasteiger partial charge in [-0.3, -0.25) is 4.79 Å². The van der Waals surface area contributed by atoms with Crippen molar-refractivity contribution in [3.63, 3.8) is 0 Å². The Balaban J connectivity index is 0.00000131. The van der Waals surface area contributed by atoms with Crippen molar-refractivity contribution < 1.29 is 19.4 Å². The first kappa shape index (κ1) is 33.1. The van der Waals surface area contributed by atoms with Crippen LogP contribution in [0, 0.1) is 6.92 Å². The lowest BCUT2D eigenvalue weighted by Crippen LogP contribution is -2.40. The third-order valence-electron chi connectivity index (χ3n) is 6.78. The SMILES string of the molecule is CCCC(NC(=O)c1ccc(COC(C)c2cccc(C(C)C)c2)cc1-c1ccccc1C)C(=O)O.CCSC. The van der Waals surface area contributed by atoms with Crippen molar-refractivity contribution in [2.45, 2.75) is 79.1 Å². The largest absolute Gasteiger partial charge is 0.480 e. The van der Waals surface area contributed by atoms with Gasteiger partial charge in [0.1, 0.15) is 6.04 Å². The second-order valence-electron chi connectivity index (χ2n) is 10.2. The summed E-state index contributed by atoms with van der Waals surface area (Å²) in [7, 11) is 0. The van der Waals surface area contributed by atoms with E-state index in [1.807, 2.05) is 68.9 Å². The van der Waals surface area contributed by atoms with Crippen LogP contribution in [-0.4, -0.2) is 35.0 Å². The fraction of sp³-hybridized carbons (Fsp3) is 0.412. The Labute approximate surface area is 244 Å². The Morgan fingerprint density at radius 1 is 0.925 bits per heavy atom. The molecule has 0 aromatic heterocycles. The maximum absolute atomic E-state index is 13.2. The minimum absolute atomic E-state index is 0.0843. The highest BCUT2D eigenvalue weighted by Crippen LogP contribution is 2.30. The van der Waals surface area contributed by atoms with Crippen LogP contribution in [0.4, 0.5) is 0 Å². The van der Waals surface area contributed by atoms with Gasteiger partial charge in [-0.2, -0.15) is 11.8 Å². The number of hydrogen-bond donors (Lipinski definition) is 2. The van der Waals surface area contributed by atoms with Gasteiger partial charge in [0.25, 0.3) is 5.91 Å². The first-order valence-electron chi connectivity index (χ1n) is 14.1. The second-order valence-corrected chi connectivity index (χ2v) is 11.4. The van der Waals surface area contributed by atoms with Gasteiger partial charge in [0, 0.05) is 5.56 Å². The molecule has 3 aromatic rings.